The Labute approximate surface area is 65.0 Å². The maximum atomic E-state index is 5.48. The highest BCUT2D eigenvalue weighted by Gasteiger charge is 2.02. The van der Waals surface area contributed by atoms with E-state index in [0.717, 1.165) is 5.69 Å². The minimum atomic E-state index is 0.322. The van der Waals surface area contributed by atoms with Crippen molar-refractivity contribution in [1.29, 1.82) is 0 Å². The molecule has 11 heavy (non-hydrogen) atoms. The molecule has 0 spiro atoms. The molecule has 1 aromatic heterocycles. The van der Waals surface area contributed by atoms with Gasteiger partial charge in [-0.2, -0.15) is 0 Å². The summed E-state index contributed by atoms with van der Waals surface area (Å²) < 4.78 is 0. The smallest absolute Gasteiger partial charge is 0.151 e. The van der Waals surface area contributed by atoms with Crippen molar-refractivity contribution in [3.8, 4) is 0 Å². The van der Waals surface area contributed by atoms with Gasteiger partial charge in [-0.25, -0.2) is 9.97 Å². The van der Waals surface area contributed by atoms with Gasteiger partial charge in [-0.1, -0.05) is 6.58 Å². The Bertz CT molecular complexity index is 292. The molecule has 0 radical (unpaired) electrons. The lowest BCUT2D eigenvalue weighted by atomic mass is 10.3. The molecule has 0 saturated heterocycles. The Balaban J connectivity index is 3.23. The second kappa shape index (κ2) is 2.57. The molecular formula is C7H10N4. The molecule has 4 N–H and O–H groups in total. The second-order valence-electron chi connectivity index (χ2n) is 2.27. The van der Waals surface area contributed by atoms with Crippen LogP contribution in [0.25, 0.3) is 5.70 Å². The molecule has 0 aliphatic rings. The number of nitrogens with zero attached hydrogens (tertiary/aromatic N) is 2. The van der Waals surface area contributed by atoms with Crippen molar-refractivity contribution in [2.75, 3.05) is 5.73 Å². The predicted molar refractivity (Wildman–Crippen MR) is 44.4 cm³/mol. The van der Waals surface area contributed by atoms with Gasteiger partial charge >= 0.3 is 0 Å². The van der Waals surface area contributed by atoms with Crippen molar-refractivity contribution in [1.82, 2.24) is 9.97 Å². The minimum absolute atomic E-state index is 0.322. The van der Waals surface area contributed by atoms with Gasteiger partial charge in [0, 0.05) is 0 Å². The molecular weight excluding hydrogens is 140 g/mol. The number of nitrogen functional groups attached to an aromatic ring is 1. The maximum absolute atomic E-state index is 5.48. The number of nitrogens with two attached hydrogens (primary N) is 2. The lowest BCUT2D eigenvalue weighted by Gasteiger charge is -2.02. The molecule has 0 amide bonds. The van der Waals surface area contributed by atoms with Gasteiger partial charge in [-0.05, 0) is 6.92 Å². The van der Waals surface area contributed by atoms with Crippen LogP contribution in [0.4, 0.5) is 5.82 Å². The third-order valence-corrected chi connectivity index (χ3v) is 1.23. The summed E-state index contributed by atoms with van der Waals surface area (Å²) in [7, 11) is 0. The van der Waals surface area contributed by atoms with E-state index in [-0.39, 0.29) is 0 Å². The molecule has 0 aromatic carbocycles. The minimum Gasteiger partial charge on any atom is -0.397 e. The van der Waals surface area contributed by atoms with Crippen LogP contribution >= 0.6 is 0 Å². The fourth-order valence-corrected chi connectivity index (χ4v) is 0.723. The second-order valence-corrected chi connectivity index (χ2v) is 2.27. The van der Waals surface area contributed by atoms with Gasteiger partial charge in [0.1, 0.15) is 5.69 Å². The lowest BCUT2D eigenvalue weighted by molar-refractivity contribution is 1.10. The zero-order valence-electron chi connectivity index (χ0n) is 6.33. The number of aryl methyl sites for hydroxylation is 1. The summed E-state index contributed by atoms with van der Waals surface area (Å²) in [5.41, 5.74) is 12.5. The number of hydrogen-bond donors (Lipinski definition) is 2. The summed E-state index contributed by atoms with van der Waals surface area (Å²) in [6.07, 6.45) is 1.59. The summed E-state index contributed by atoms with van der Waals surface area (Å²) in [5, 5.41) is 0. The predicted octanol–water partition coefficient (Wildman–Crippen LogP) is 0.297. The highest BCUT2D eigenvalue weighted by Crippen LogP contribution is 2.10. The largest absolute Gasteiger partial charge is 0.397 e. The van der Waals surface area contributed by atoms with E-state index >= 15 is 0 Å². The van der Waals surface area contributed by atoms with E-state index in [1.165, 1.54) is 0 Å². The van der Waals surface area contributed by atoms with Crippen LogP contribution in [0, 0.1) is 6.92 Å². The van der Waals surface area contributed by atoms with Crippen LogP contribution < -0.4 is 11.5 Å². The van der Waals surface area contributed by atoms with Crippen LogP contribution in [0.3, 0.4) is 0 Å². The fraction of sp³-hybridized carbons (Fsp3) is 0.143. The van der Waals surface area contributed by atoms with Gasteiger partial charge in [0.25, 0.3) is 0 Å². The molecule has 4 heteroatoms. The number of rotatable bonds is 1. The molecule has 0 bridgehead atoms. The molecule has 1 heterocycles. The average molecular weight is 150 g/mol. The Morgan fingerprint density at radius 1 is 1.64 bits per heavy atom. The van der Waals surface area contributed by atoms with Crippen LogP contribution in [-0.2, 0) is 0 Å². The third-order valence-electron chi connectivity index (χ3n) is 1.23. The summed E-state index contributed by atoms with van der Waals surface area (Å²) in [6.45, 7) is 5.34. The van der Waals surface area contributed by atoms with Crippen molar-refractivity contribution in [3.05, 3.63) is 24.2 Å². The van der Waals surface area contributed by atoms with Crippen molar-refractivity contribution in [2.24, 2.45) is 5.73 Å². The van der Waals surface area contributed by atoms with Crippen molar-refractivity contribution >= 4 is 11.5 Å². The van der Waals surface area contributed by atoms with Crippen molar-refractivity contribution < 1.29 is 0 Å². The number of hydrogen-bond acceptors (Lipinski definition) is 4. The molecule has 0 unspecified atom stereocenters. The highest BCUT2D eigenvalue weighted by atomic mass is 14.9. The summed E-state index contributed by atoms with van der Waals surface area (Å²) in [4.78, 5) is 7.93. The Hall–Kier alpha value is -1.58. The normalized spacial score (nSPS) is 9.55. The van der Waals surface area contributed by atoms with Crippen molar-refractivity contribution in [2.45, 2.75) is 6.92 Å². The molecule has 0 fully saturated rings. The van der Waals surface area contributed by atoms with Gasteiger partial charge in [0.2, 0.25) is 0 Å². The maximum Gasteiger partial charge on any atom is 0.151 e. The van der Waals surface area contributed by atoms with E-state index in [1.54, 1.807) is 6.20 Å². The highest BCUT2D eigenvalue weighted by molar-refractivity contribution is 5.65. The summed E-state index contributed by atoms with van der Waals surface area (Å²) in [6, 6.07) is 0. The molecule has 1 aromatic rings. The molecule has 4 nitrogen and oxygen atoms in total. The fourth-order valence-electron chi connectivity index (χ4n) is 0.723. The first-order valence-corrected chi connectivity index (χ1v) is 3.15. The van der Waals surface area contributed by atoms with Crippen LogP contribution in [0.5, 0.6) is 0 Å². The third kappa shape index (κ3) is 1.46. The van der Waals surface area contributed by atoms with E-state index in [0.29, 0.717) is 17.2 Å². The van der Waals surface area contributed by atoms with E-state index < -0.39 is 0 Å². The molecule has 0 saturated carbocycles. The Kier molecular flexibility index (Phi) is 1.76. The number of aromatic nitrogens is 2. The standard InChI is InChI=1S/C7H10N4/c1-4-3-10-7(9)6(11-4)5(2)8/h3H,2,8H2,1H3,(H2,9,10). The SMILES string of the molecule is C=C(N)c1nc(C)cnc1N. The van der Waals surface area contributed by atoms with E-state index in [2.05, 4.69) is 16.5 Å². The van der Waals surface area contributed by atoms with Crippen molar-refractivity contribution in [3.63, 3.8) is 0 Å². The van der Waals surface area contributed by atoms with Crippen LogP contribution in [0.2, 0.25) is 0 Å². The van der Waals surface area contributed by atoms with Gasteiger partial charge in [0.05, 0.1) is 17.6 Å². The molecule has 0 atom stereocenters. The Morgan fingerprint density at radius 3 is 2.73 bits per heavy atom. The molecule has 0 aliphatic carbocycles. The summed E-state index contributed by atoms with van der Waals surface area (Å²) >= 11 is 0. The summed E-state index contributed by atoms with van der Waals surface area (Å²) in [5.74, 6) is 0.322. The van der Waals surface area contributed by atoms with E-state index in [9.17, 15) is 0 Å². The topological polar surface area (TPSA) is 77.8 Å². The van der Waals surface area contributed by atoms with E-state index in [4.69, 9.17) is 11.5 Å². The number of anilines is 1. The zero-order chi connectivity index (χ0) is 8.43. The van der Waals surface area contributed by atoms with Gasteiger partial charge in [-0.3, -0.25) is 0 Å². The van der Waals surface area contributed by atoms with Gasteiger partial charge < -0.3 is 11.5 Å². The van der Waals surface area contributed by atoms with Crippen LogP contribution in [0.1, 0.15) is 11.4 Å². The van der Waals surface area contributed by atoms with Gasteiger partial charge in [0.15, 0.2) is 5.82 Å². The first-order valence-electron chi connectivity index (χ1n) is 3.15. The van der Waals surface area contributed by atoms with Gasteiger partial charge in [-0.15, -0.1) is 0 Å². The average Bonchev–Trinajstić information content (AvgIpc) is 1.94. The molecule has 1 rings (SSSR count). The first-order chi connectivity index (χ1) is 5.11. The quantitative estimate of drug-likeness (QED) is 0.603. The van der Waals surface area contributed by atoms with Crippen LogP contribution in [0.15, 0.2) is 12.8 Å². The zero-order valence-corrected chi connectivity index (χ0v) is 6.33. The van der Waals surface area contributed by atoms with E-state index in [1.807, 2.05) is 6.92 Å². The monoisotopic (exact) mass is 150 g/mol. The first kappa shape index (κ1) is 7.53. The Morgan fingerprint density at radius 2 is 2.27 bits per heavy atom. The molecule has 58 valence electrons. The molecule has 0 aliphatic heterocycles. The lowest BCUT2D eigenvalue weighted by Crippen LogP contribution is -2.05. The van der Waals surface area contributed by atoms with Crippen LogP contribution in [-0.4, -0.2) is 9.97 Å².